The number of benzene rings is 1. The molecule has 2 aliphatic heterocycles. The predicted molar refractivity (Wildman–Crippen MR) is 84.6 cm³/mol. The molecular formula is C16H23ClN2O2. The first-order valence-electron chi connectivity index (χ1n) is 7.28. The quantitative estimate of drug-likeness (QED) is 0.859. The molecule has 0 radical (unpaired) electrons. The molecule has 4 nitrogen and oxygen atoms in total. The van der Waals surface area contributed by atoms with Gasteiger partial charge in [0.1, 0.15) is 0 Å². The van der Waals surface area contributed by atoms with Gasteiger partial charge in [-0.15, -0.1) is 12.4 Å². The zero-order valence-corrected chi connectivity index (χ0v) is 13.4. The summed E-state index contributed by atoms with van der Waals surface area (Å²) in [6.45, 7) is 6.85. The summed E-state index contributed by atoms with van der Waals surface area (Å²) in [4.78, 5) is 14.6. The van der Waals surface area contributed by atoms with Gasteiger partial charge >= 0.3 is 0 Å². The van der Waals surface area contributed by atoms with E-state index in [2.05, 4.69) is 17.4 Å². The van der Waals surface area contributed by atoms with Gasteiger partial charge in [-0.3, -0.25) is 4.79 Å². The highest BCUT2D eigenvalue weighted by atomic mass is 35.5. The highest BCUT2D eigenvalue weighted by Gasteiger charge is 2.34. The number of nitrogens with zero attached hydrogens (tertiary/aromatic N) is 1. The summed E-state index contributed by atoms with van der Waals surface area (Å²) in [6.07, 6.45) is 0.785. The molecule has 1 amide bonds. The molecule has 0 aliphatic carbocycles. The highest BCUT2D eigenvalue weighted by molar-refractivity contribution is 5.85. The van der Waals surface area contributed by atoms with Crippen molar-refractivity contribution >= 4 is 18.3 Å². The number of amides is 1. The van der Waals surface area contributed by atoms with E-state index >= 15 is 0 Å². The monoisotopic (exact) mass is 310 g/mol. The Balaban J connectivity index is 0.00000161. The first kappa shape index (κ1) is 16.3. The lowest BCUT2D eigenvalue weighted by molar-refractivity contribution is -0.148. The normalized spacial score (nSPS) is 23.9. The van der Waals surface area contributed by atoms with Crippen LogP contribution in [0.5, 0.6) is 0 Å². The van der Waals surface area contributed by atoms with E-state index in [9.17, 15) is 4.79 Å². The van der Waals surface area contributed by atoms with Gasteiger partial charge in [-0.05, 0) is 31.4 Å². The van der Waals surface area contributed by atoms with Crippen molar-refractivity contribution in [3.63, 3.8) is 0 Å². The minimum Gasteiger partial charge on any atom is -0.372 e. The van der Waals surface area contributed by atoms with Crippen LogP contribution in [0.4, 0.5) is 0 Å². The second-order valence-electron chi connectivity index (χ2n) is 6.27. The molecule has 0 aromatic heterocycles. The van der Waals surface area contributed by atoms with Crippen molar-refractivity contribution in [2.75, 3.05) is 19.7 Å². The van der Waals surface area contributed by atoms with E-state index in [1.54, 1.807) is 0 Å². The van der Waals surface area contributed by atoms with Crippen LogP contribution in [0.3, 0.4) is 0 Å². The third kappa shape index (κ3) is 3.57. The van der Waals surface area contributed by atoms with Gasteiger partial charge in [0.05, 0.1) is 18.2 Å². The SMILES string of the molecule is CC1(C)CN(C(=O)C2Cc3ccccc3CN2)CCO1.Cl. The lowest BCUT2D eigenvalue weighted by atomic mass is 9.94. The number of ether oxygens (including phenoxy) is 1. The molecule has 116 valence electrons. The summed E-state index contributed by atoms with van der Waals surface area (Å²) >= 11 is 0. The molecule has 0 saturated carbocycles. The van der Waals surface area contributed by atoms with E-state index in [4.69, 9.17) is 4.74 Å². The van der Waals surface area contributed by atoms with Gasteiger partial charge in [-0.1, -0.05) is 24.3 Å². The van der Waals surface area contributed by atoms with Gasteiger partial charge in [0.25, 0.3) is 0 Å². The maximum absolute atomic E-state index is 12.7. The summed E-state index contributed by atoms with van der Waals surface area (Å²) in [7, 11) is 0. The summed E-state index contributed by atoms with van der Waals surface area (Å²) in [5.74, 6) is 0.205. The Morgan fingerprint density at radius 2 is 2.05 bits per heavy atom. The standard InChI is InChI=1S/C16H22N2O2.ClH/c1-16(2)11-18(7-8-20-16)15(19)14-9-12-5-3-4-6-13(12)10-17-14;/h3-6,14,17H,7-11H2,1-2H3;1H. The van der Waals surface area contributed by atoms with Crippen LogP contribution >= 0.6 is 12.4 Å². The van der Waals surface area contributed by atoms with Crippen LogP contribution < -0.4 is 5.32 Å². The van der Waals surface area contributed by atoms with Gasteiger partial charge in [-0.25, -0.2) is 0 Å². The zero-order valence-electron chi connectivity index (χ0n) is 12.6. The van der Waals surface area contributed by atoms with Crippen LogP contribution in [0.1, 0.15) is 25.0 Å². The molecule has 1 saturated heterocycles. The topological polar surface area (TPSA) is 41.6 Å². The molecule has 0 spiro atoms. The van der Waals surface area contributed by atoms with E-state index in [-0.39, 0.29) is 30.0 Å². The van der Waals surface area contributed by atoms with E-state index in [1.165, 1.54) is 11.1 Å². The maximum atomic E-state index is 12.7. The summed E-state index contributed by atoms with van der Waals surface area (Å²) in [5.41, 5.74) is 2.36. The van der Waals surface area contributed by atoms with E-state index in [0.717, 1.165) is 13.0 Å². The van der Waals surface area contributed by atoms with Crippen molar-refractivity contribution < 1.29 is 9.53 Å². The Hall–Kier alpha value is -1.10. The maximum Gasteiger partial charge on any atom is 0.240 e. The lowest BCUT2D eigenvalue weighted by Gasteiger charge is -2.40. The summed E-state index contributed by atoms with van der Waals surface area (Å²) in [6, 6.07) is 8.25. The van der Waals surface area contributed by atoms with E-state index < -0.39 is 0 Å². The molecule has 1 aromatic rings. The Morgan fingerprint density at radius 1 is 1.33 bits per heavy atom. The number of nitrogens with one attached hydrogen (secondary N) is 1. The molecule has 21 heavy (non-hydrogen) atoms. The number of halogens is 1. The highest BCUT2D eigenvalue weighted by Crippen LogP contribution is 2.21. The molecule has 1 fully saturated rings. The number of carbonyl (C=O) groups excluding carboxylic acids is 1. The smallest absolute Gasteiger partial charge is 0.240 e. The van der Waals surface area contributed by atoms with Gasteiger partial charge in [0.15, 0.2) is 0 Å². The van der Waals surface area contributed by atoms with Crippen molar-refractivity contribution in [1.82, 2.24) is 10.2 Å². The van der Waals surface area contributed by atoms with Crippen LogP contribution in [-0.4, -0.2) is 42.1 Å². The van der Waals surface area contributed by atoms with Crippen molar-refractivity contribution in [1.29, 1.82) is 0 Å². The first-order valence-corrected chi connectivity index (χ1v) is 7.28. The number of morpholine rings is 1. The Labute approximate surface area is 132 Å². The van der Waals surface area contributed by atoms with Crippen molar-refractivity contribution in [3.8, 4) is 0 Å². The van der Waals surface area contributed by atoms with Crippen molar-refractivity contribution in [3.05, 3.63) is 35.4 Å². The van der Waals surface area contributed by atoms with Crippen LogP contribution in [-0.2, 0) is 22.5 Å². The predicted octanol–water partition coefficient (Wildman–Crippen LogP) is 1.76. The third-order valence-corrected chi connectivity index (χ3v) is 4.12. The van der Waals surface area contributed by atoms with Gasteiger partial charge < -0.3 is 15.0 Å². The fourth-order valence-electron chi connectivity index (χ4n) is 3.05. The van der Waals surface area contributed by atoms with Gasteiger partial charge in [0, 0.05) is 19.6 Å². The van der Waals surface area contributed by atoms with Crippen LogP contribution in [0.15, 0.2) is 24.3 Å². The Bertz CT molecular complexity index is 519. The lowest BCUT2D eigenvalue weighted by Crippen LogP contribution is -2.56. The minimum atomic E-state index is -0.236. The fraction of sp³-hybridized carbons (Fsp3) is 0.562. The van der Waals surface area contributed by atoms with Gasteiger partial charge in [0.2, 0.25) is 5.91 Å². The van der Waals surface area contributed by atoms with Crippen LogP contribution in [0.25, 0.3) is 0 Å². The van der Waals surface area contributed by atoms with Crippen LogP contribution in [0.2, 0.25) is 0 Å². The molecule has 2 heterocycles. The molecule has 3 rings (SSSR count). The number of hydrogen-bond donors (Lipinski definition) is 1. The molecule has 1 N–H and O–H groups in total. The molecule has 2 aliphatic rings. The van der Waals surface area contributed by atoms with E-state index in [0.29, 0.717) is 19.7 Å². The Kier molecular flexibility index (Phi) is 4.91. The van der Waals surface area contributed by atoms with Gasteiger partial charge in [-0.2, -0.15) is 0 Å². The summed E-state index contributed by atoms with van der Waals surface area (Å²) < 4.78 is 5.67. The average molecular weight is 311 g/mol. The van der Waals surface area contributed by atoms with Crippen molar-refractivity contribution in [2.45, 2.75) is 38.5 Å². The zero-order chi connectivity index (χ0) is 14.2. The molecule has 5 heteroatoms. The third-order valence-electron chi connectivity index (χ3n) is 4.12. The number of rotatable bonds is 1. The number of fused-ring (bicyclic) bond motifs is 1. The molecule has 0 bridgehead atoms. The van der Waals surface area contributed by atoms with E-state index in [1.807, 2.05) is 30.9 Å². The van der Waals surface area contributed by atoms with Crippen molar-refractivity contribution in [2.24, 2.45) is 0 Å². The largest absolute Gasteiger partial charge is 0.372 e. The average Bonchev–Trinajstić information content (AvgIpc) is 2.45. The van der Waals surface area contributed by atoms with Crippen LogP contribution in [0, 0.1) is 0 Å². The fourth-order valence-corrected chi connectivity index (χ4v) is 3.05. The second kappa shape index (κ2) is 6.34. The number of hydrogen-bond acceptors (Lipinski definition) is 3. The Morgan fingerprint density at radius 3 is 2.76 bits per heavy atom. The molecular weight excluding hydrogens is 288 g/mol. The first-order chi connectivity index (χ1) is 9.55. The molecule has 1 atom stereocenters. The molecule has 1 unspecified atom stereocenters. The number of carbonyl (C=O) groups is 1. The summed E-state index contributed by atoms with van der Waals surface area (Å²) in [5, 5.41) is 3.37. The second-order valence-corrected chi connectivity index (χ2v) is 6.27. The molecule has 1 aromatic carbocycles. The minimum absolute atomic E-state index is 0.